The van der Waals surface area contributed by atoms with Gasteiger partial charge in [0.25, 0.3) is 5.69 Å². The van der Waals surface area contributed by atoms with Crippen molar-refractivity contribution in [2.75, 3.05) is 18.6 Å². The molecule has 0 spiro atoms. The van der Waals surface area contributed by atoms with Crippen LogP contribution in [0.1, 0.15) is 0 Å². The molecule has 0 saturated carbocycles. The molecule has 1 aromatic heterocycles. The predicted molar refractivity (Wildman–Crippen MR) is 82.9 cm³/mol. The van der Waals surface area contributed by atoms with Crippen LogP contribution in [0.5, 0.6) is 0 Å². The number of aromatic nitrogens is 2. The van der Waals surface area contributed by atoms with Gasteiger partial charge in [0.1, 0.15) is 11.8 Å². The summed E-state index contributed by atoms with van der Waals surface area (Å²) in [6.07, 6.45) is 3.62. The van der Waals surface area contributed by atoms with Crippen LogP contribution in [-0.4, -0.2) is 39.2 Å². The van der Waals surface area contributed by atoms with Gasteiger partial charge >= 0.3 is 0 Å². The lowest BCUT2D eigenvalue weighted by Gasteiger charge is -2.03. The molecule has 1 atom stereocenters. The maximum Gasteiger partial charge on any atom is 0.298 e. The molecule has 0 fully saturated rings. The Morgan fingerprint density at radius 3 is 3.00 bits per heavy atom. The van der Waals surface area contributed by atoms with Crippen LogP contribution in [0.3, 0.4) is 0 Å². The first-order valence-corrected chi connectivity index (χ1v) is 8.14. The third kappa shape index (κ3) is 3.36. The van der Waals surface area contributed by atoms with Crippen molar-refractivity contribution < 1.29 is 9.66 Å². The van der Waals surface area contributed by atoms with Gasteiger partial charge in [0.2, 0.25) is 0 Å². The summed E-state index contributed by atoms with van der Waals surface area (Å²) in [5.74, 6) is 4.78. The van der Waals surface area contributed by atoms with E-state index in [1.165, 1.54) is 10.7 Å². The highest BCUT2D eigenvalue weighted by molar-refractivity contribution is 8.13. The average molecular weight is 316 g/mol. The number of nitrogens with zero attached hydrogens (tertiary/aromatic N) is 3. The summed E-state index contributed by atoms with van der Waals surface area (Å²) >= 11 is 5.85. The molecule has 0 radical (unpaired) electrons. The van der Waals surface area contributed by atoms with Crippen molar-refractivity contribution in [3.63, 3.8) is 0 Å². The van der Waals surface area contributed by atoms with Gasteiger partial charge in [-0.2, -0.15) is 15.6 Å². The molecule has 108 valence electrons. The number of nitro groups is 1. The molecule has 1 unspecified atom stereocenters. The Morgan fingerprint density at radius 1 is 1.60 bits per heavy atom. The van der Waals surface area contributed by atoms with Gasteiger partial charge in [-0.1, -0.05) is 17.5 Å². The predicted octanol–water partition coefficient (Wildman–Crippen LogP) is 2.90. The van der Waals surface area contributed by atoms with Crippen LogP contribution < -0.4 is 0 Å². The Morgan fingerprint density at radius 2 is 2.35 bits per heavy atom. The van der Waals surface area contributed by atoms with E-state index < -0.39 is 4.92 Å². The molecule has 2 rings (SSSR count). The zero-order valence-corrected chi connectivity index (χ0v) is 12.5. The Labute approximate surface area is 123 Å². The monoisotopic (exact) mass is 315 g/mol. The molecule has 0 N–H and O–H groups in total. The number of hydrogen-bond acceptors (Lipinski definition) is 4. The van der Waals surface area contributed by atoms with Gasteiger partial charge in [-0.15, -0.1) is 0 Å². The molecular weight excluding hydrogens is 302 g/mol. The van der Waals surface area contributed by atoms with E-state index >= 15 is 0 Å². The zero-order chi connectivity index (χ0) is 14.7. The van der Waals surface area contributed by atoms with Crippen LogP contribution in [0, 0.1) is 10.1 Å². The van der Waals surface area contributed by atoms with E-state index in [0.29, 0.717) is 17.5 Å². The van der Waals surface area contributed by atoms with Crippen LogP contribution in [0.4, 0.5) is 5.69 Å². The van der Waals surface area contributed by atoms with Crippen molar-refractivity contribution >= 4 is 44.5 Å². The largest absolute Gasteiger partial charge is 0.358 e. The molecule has 2 aromatic rings. The lowest BCUT2D eigenvalue weighted by Crippen LogP contribution is -2.05. The van der Waals surface area contributed by atoms with E-state index in [1.807, 2.05) is 6.26 Å². The fourth-order valence-electron chi connectivity index (χ4n) is 1.71. The molecule has 8 heteroatoms. The highest BCUT2D eigenvalue weighted by Crippen LogP contribution is 2.32. The third-order valence-electron chi connectivity index (χ3n) is 2.64. The Bertz CT molecular complexity index is 671. The van der Waals surface area contributed by atoms with Crippen LogP contribution in [0.25, 0.3) is 10.9 Å². The van der Waals surface area contributed by atoms with Gasteiger partial charge in [-0.25, -0.2) is 4.68 Å². The summed E-state index contributed by atoms with van der Waals surface area (Å²) in [4.78, 5) is 10.5. The minimum absolute atomic E-state index is 0.0874. The smallest absolute Gasteiger partial charge is 0.298 e. The second kappa shape index (κ2) is 6.34. The highest BCUT2D eigenvalue weighted by atomic mass is 35.5. The topological polar surface area (TPSA) is 70.2 Å². The van der Waals surface area contributed by atoms with E-state index in [2.05, 4.69) is 11.0 Å². The molecule has 0 aliphatic heterocycles. The summed E-state index contributed by atoms with van der Waals surface area (Å²) in [7, 11) is 0.0874. The van der Waals surface area contributed by atoms with E-state index in [-0.39, 0.29) is 27.9 Å². The summed E-state index contributed by atoms with van der Waals surface area (Å²) < 4.78 is 6.99. The van der Waals surface area contributed by atoms with Crippen molar-refractivity contribution in [1.29, 1.82) is 0 Å². The summed E-state index contributed by atoms with van der Waals surface area (Å²) in [6, 6.07) is 3.13. The fourth-order valence-corrected chi connectivity index (χ4v) is 2.35. The van der Waals surface area contributed by atoms with E-state index in [1.54, 1.807) is 12.3 Å². The number of hydrogen-bond donors (Lipinski definition) is 0. The molecule has 0 aliphatic carbocycles. The first-order valence-electron chi connectivity index (χ1n) is 5.79. The van der Waals surface area contributed by atoms with Crippen molar-refractivity contribution in [2.24, 2.45) is 0 Å². The number of halogens is 1. The van der Waals surface area contributed by atoms with Gasteiger partial charge in [0.05, 0.1) is 22.4 Å². The quantitative estimate of drug-likeness (QED) is 0.356. The van der Waals surface area contributed by atoms with Crippen LogP contribution in [0.15, 0.2) is 18.3 Å². The highest BCUT2D eigenvalue weighted by Gasteiger charge is 2.19. The maximum absolute atomic E-state index is 11.0. The van der Waals surface area contributed by atoms with E-state index in [9.17, 15) is 10.1 Å². The minimum Gasteiger partial charge on any atom is -0.358 e. The van der Waals surface area contributed by atoms with Gasteiger partial charge in [-0.3, -0.25) is 10.1 Å². The molecule has 20 heavy (non-hydrogen) atoms. The first-order chi connectivity index (χ1) is 9.49. The van der Waals surface area contributed by atoms with Gasteiger partial charge in [0.15, 0.2) is 0 Å². The van der Waals surface area contributed by atoms with Crippen LogP contribution in [0.2, 0.25) is 5.02 Å². The zero-order valence-electron chi connectivity index (χ0n) is 10.9. The van der Waals surface area contributed by atoms with Crippen LogP contribution >= 0.6 is 22.1 Å². The molecular formula is C12H14ClN3O3S. The summed E-state index contributed by atoms with van der Waals surface area (Å²) in [5.41, 5.74) is 0.403. The normalized spacial score (nSPS) is 12.7. The molecule has 1 heterocycles. The molecule has 0 amide bonds. The summed E-state index contributed by atoms with van der Waals surface area (Å²) in [6.45, 7) is 0.836. The Hall–Kier alpha value is -1.44. The molecule has 1 aromatic carbocycles. The second-order valence-corrected chi connectivity index (χ2v) is 6.66. The number of nitro benzene ring substituents is 1. The van der Waals surface area contributed by atoms with E-state index in [4.69, 9.17) is 16.3 Å². The number of ether oxygens (including phenoxy) is 1. The third-order valence-corrected chi connectivity index (χ3v) is 3.81. The molecule has 6 nitrogen and oxygen atoms in total. The van der Waals surface area contributed by atoms with Crippen molar-refractivity contribution in [1.82, 2.24) is 9.78 Å². The average Bonchev–Trinajstić information content (AvgIpc) is 2.76. The lowest BCUT2D eigenvalue weighted by atomic mass is 10.2. The Kier molecular flexibility index (Phi) is 4.74. The first kappa shape index (κ1) is 15.0. The molecule has 0 saturated heterocycles. The van der Waals surface area contributed by atoms with Crippen molar-refractivity contribution in [2.45, 2.75) is 6.73 Å². The number of rotatable bonds is 6. The van der Waals surface area contributed by atoms with Crippen molar-refractivity contribution in [3.8, 4) is 0 Å². The molecule has 0 aliphatic rings. The molecule has 0 bridgehead atoms. The maximum atomic E-state index is 11.0. The van der Waals surface area contributed by atoms with Gasteiger partial charge in [-0.05, 0) is 18.4 Å². The van der Waals surface area contributed by atoms with Gasteiger partial charge < -0.3 is 4.74 Å². The van der Waals surface area contributed by atoms with Crippen LogP contribution in [-0.2, 0) is 11.5 Å². The number of fused-ring (bicyclic) bond motifs is 1. The number of benzene rings is 1. The Balaban J connectivity index is 2.19. The standard InChI is InChI=1S/C12H14ClN3O3S/c1-20(2)6-5-19-8-15-7-9-11(14-15)4-3-10(13)12(9)16(17)18/h3-4,7H,1,5-6,8H2,2H3. The van der Waals surface area contributed by atoms with E-state index in [0.717, 1.165) is 5.75 Å². The second-order valence-electron chi connectivity index (χ2n) is 4.28. The van der Waals surface area contributed by atoms with Gasteiger partial charge in [0, 0.05) is 11.9 Å². The summed E-state index contributed by atoms with van der Waals surface area (Å²) in [5, 5.41) is 15.8. The lowest BCUT2D eigenvalue weighted by molar-refractivity contribution is -0.382. The fraction of sp³-hybridized carbons (Fsp3) is 0.333. The SMILES string of the molecule is C=S(C)CCOCn1cc2c([N+](=O)[O-])c(Cl)ccc2n1. The van der Waals surface area contributed by atoms with Crippen molar-refractivity contribution in [3.05, 3.63) is 33.5 Å². The minimum atomic E-state index is -0.497.